The zero-order valence-corrected chi connectivity index (χ0v) is 19.9. The van der Waals surface area contributed by atoms with Gasteiger partial charge >= 0.3 is 0 Å². The third-order valence-electron chi connectivity index (χ3n) is 5.10. The van der Waals surface area contributed by atoms with Crippen molar-refractivity contribution in [2.75, 3.05) is 11.9 Å². The molecule has 0 saturated heterocycles. The van der Waals surface area contributed by atoms with E-state index in [4.69, 9.17) is 17.0 Å². The summed E-state index contributed by atoms with van der Waals surface area (Å²) in [4.78, 5) is 12.4. The zero-order chi connectivity index (χ0) is 22.4. The Labute approximate surface area is 186 Å². The average Bonchev–Trinajstić information content (AvgIpc) is 2.65. The van der Waals surface area contributed by atoms with Gasteiger partial charge < -0.3 is 10.1 Å². The summed E-state index contributed by atoms with van der Waals surface area (Å²) in [6.07, 6.45) is 0. The van der Waals surface area contributed by atoms with Gasteiger partial charge in [0.15, 0.2) is 11.7 Å². The number of carbonyl (C=O) groups excluding carboxylic acids is 1. The summed E-state index contributed by atoms with van der Waals surface area (Å²) in [5.74, 6) is 1.52. The predicted octanol–water partition coefficient (Wildman–Crippen LogP) is 6.26. The van der Waals surface area contributed by atoms with Crippen LogP contribution in [-0.4, -0.2) is 17.6 Å². The second-order valence-corrected chi connectivity index (χ2v) is 8.99. The molecule has 0 aliphatic carbocycles. The smallest absolute Gasteiger partial charge is 0.264 e. The van der Waals surface area contributed by atoms with Crippen LogP contribution in [-0.2, 0) is 4.79 Å². The summed E-state index contributed by atoms with van der Waals surface area (Å²) in [7, 11) is 0. The van der Waals surface area contributed by atoms with Gasteiger partial charge in [-0.15, -0.1) is 0 Å². The van der Waals surface area contributed by atoms with E-state index in [9.17, 15) is 4.79 Å². The Kier molecular flexibility index (Phi) is 8.42. The monoisotopic (exact) mass is 426 g/mol. The normalized spacial score (nSPS) is 11.1. The highest BCUT2D eigenvalue weighted by molar-refractivity contribution is 7.80. The molecular weight excluding hydrogens is 392 g/mol. The molecule has 2 aromatic rings. The van der Waals surface area contributed by atoms with E-state index in [-0.39, 0.29) is 17.6 Å². The third kappa shape index (κ3) is 6.30. The number of hydrogen-bond acceptors (Lipinski definition) is 3. The minimum absolute atomic E-state index is 0.0921. The minimum atomic E-state index is -0.286. The molecule has 162 valence electrons. The fourth-order valence-corrected chi connectivity index (χ4v) is 3.75. The van der Waals surface area contributed by atoms with Crippen LogP contribution in [0.4, 0.5) is 5.69 Å². The third-order valence-corrected chi connectivity index (χ3v) is 5.30. The number of nitrogens with one attached hydrogen (secondary N) is 2. The van der Waals surface area contributed by atoms with Gasteiger partial charge in [0, 0.05) is 5.69 Å². The number of amides is 1. The first-order valence-corrected chi connectivity index (χ1v) is 11.0. The first-order chi connectivity index (χ1) is 14.1. The van der Waals surface area contributed by atoms with E-state index < -0.39 is 0 Å². The van der Waals surface area contributed by atoms with Gasteiger partial charge in [0.25, 0.3) is 5.91 Å². The molecule has 1 amide bonds. The van der Waals surface area contributed by atoms with Crippen LogP contribution in [0.15, 0.2) is 36.4 Å². The van der Waals surface area contributed by atoms with Crippen LogP contribution < -0.4 is 15.4 Å². The van der Waals surface area contributed by atoms with E-state index in [1.807, 2.05) is 12.1 Å². The summed E-state index contributed by atoms with van der Waals surface area (Å²) in [6.45, 7) is 14.9. The first-order valence-electron chi connectivity index (χ1n) is 10.6. The number of carbonyl (C=O) groups is 1. The molecule has 0 spiro atoms. The van der Waals surface area contributed by atoms with Crippen LogP contribution in [0.25, 0.3) is 0 Å². The molecule has 2 aromatic carbocycles. The molecule has 5 heteroatoms. The highest BCUT2D eigenvalue weighted by atomic mass is 32.1. The fraction of sp³-hybridized carbons (Fsp3) is 0.440. The Morgan fingerprint density at radius 1 is 0.933 bits per heavy atom. The maximum absolute atomic E-state index is 12.4. The second kappa shape index (κ2) is 10.6. The average molecular weight is 427 g/mol. The van der Waals surface area contributed by atoms with Crippen molar-refractivity contribution in [2.45, 2.75) is 66.2 Å². The van der Waals surface area contributed by atoms with Gasteiger partial charge in [0.05, 0.1) is 0 Å². The quantitative estimate of drug-likeness (QED) is 0.513. The van der Waals surface area contributed by atoms with E-state index in [0.717, 1.165) is 11.3 Å². The van der Waals surface area contributed by atoms with E-state index in [1.165, 1.54) is 16.7 Å². The molecule has 0 radical (unpaired) electrons. The van der Waals surface area contributed by atoms with E-state index in [0.29, 0.717) is 23.5 Å². The van der Waals surface area contributed by atoms with Crippen LogP contribution >= 0.6 is 12.2 Å². The van der Waals surface area contributed by atoms with Crippen molar-refractivity contribution in [2.24, 2.45) is 0 Å². The second-order valence-electron chi connectivity index (χ2n) is 8.58. The number of rotatable bonds is 7. The molecule has 2 rings (SSSR count). The molecular formula is C25H34N2O2S. The molecule has 0 saturated carbocycles. The number of aryl methyl sites for hydroxylation is 1. The van der Waals surface area contributed by atoms with Crippen LogP contribution in [0, 0.1) is 6.92 Å². The van der Waals surface area contributed by atoms with Crippen molar-refractivity contribution in [3.63, 3.8) is 0 Å². The van der Waals surface area contributed by atoms with Crippen LogP contribution in [0.3, 0.4) is 0 Å². The lowest BCUT2D eigenvalue weighted by molar-refractivity contribution is -0.121. The van der Waals surface area contributed by atoms with Gasteiger partial charge in [0.2, 0.25) is 0 Å². The van der Waals surface area contributed by atoms with Crippen molar-refractivity contribution in [3.05, 3.63) is 58.7 Å². The molecule has 2 N–H and O–H groups in total. The van der Waals surface area contributed by atoms with E-state index >= 15 is 0 Å². The Hall–Kier alpha value is -2.40. The number of benzene rings is 2. The number of ether oxygens (including phenoxy) is 1. The first kappa shape index (κ1) is 23.9. The summed E-state index contributed by atoms with van der Waals surface area (Å²) in [5, 5.41) is 6.26. The number of hydrogen-bond donors (Lipinski definition) is 2. The summed E-state index contributed by atoms with van der Waals surface area (Å²) in [6, 6.07) is 12.2. The highest BCUT2D eigenvalue weighted by Crippen LogP contribution is 2.32. The molecule has 0 aliphatic rings. The van der Waals surface area contributed by atoms with Gasteiger partial charge in [-0.05, 0) is 71.3 Å². The lowest BCUT2D eigenvalue weighted by Gasteiger charge is -2.21. The molecule has 0 bridgehead atoms. The summed E-state index contributed by atoms with van der Waals surface area (Å²) < 4.78 is 5.66. The Morgan fingerprint density at radius 2 is 1.50 bits per heavy atom. The number of thiocarbonyl (C=S) groups is 1. The summed E-state index contributed by atoms with van der Waals surface area (Å²) in [5.41, 5.74) is 5.77. The lowest BCUT2D eigenvalue weighted by atomic mass is 9.93. The van der Waals surface area contributed by atoms with E-state index in [1.54, 1.807) is 0 Å². The largest absolute Gasteiger partial charge is 0.484 e. The van der Waals surface area contributed by atoms with Gasteiger partial charge in [0.1, 0.15) is 5.75 Å². The highest BCUT2D eigenvalue weighted by Gasteiger charge is 2.16. The van der Waals surface area contributed by atoms with Crippen molar-refractivity contribution in [1.29, 1.82) is 0 Å². The molecule has 0 aromatic heterocycles. The molecule has 0 aliphatic heterocycles. The van der Waals surface area contributed by atoms with E-state index in [2.05, 4.69) is 83.4 Å². The zero-order valence-electron chi connectivity index (χ0n) is 19.1. The summed E-state index contributed by atoms with van der Waals surface area (Å²) >= 11 is 5.40. The minimum Gasteiger partial charge on any atom is -0.484 e. The Balaban J connectivity index is 2.00. The van der Waals surface area contributed by atoms with Crippen molar-refractivity contribution >= 4 is 28.9 Å². The standard InChI is InChI=1S/C25H34N2O2S/c1-15(2)20-12-11-19(13-18(20)7)29-14-23(28)26-25(30)27-24-21(16(3)4)9-8-10-22(24)17(5)6/h8-13,15-17H,14H2,1-7H3,(H2,26,27,28,30). The SMILES string of the molecule is Cc1cc(OCC(=O)NC(=S)Nc2c(C(C)C)cccc2C(C)C)ccc1C(C)C. The Morgan fingerprint density at radius 3 is 2.00 bits per heavy atom. The van der Waals surface area contributed by atoms with Crippen molar-refractivity contribution in [1.82, 2.24) is 5.32 Å². The fourth-order valence-electron chi connectivity index (χ4n) is 3.54. The topological polar surface area (TPSA) is 50.4 Å². The Bertz CT molecular complexity index is 878. The number of para-hydroxylation sites is 1. The van der Waals surface area contributed by atoms with Crippen LogP contribution in [0.1, 0.15) is 81.5 Å². The van der Waals surface area contributed by atoms with Gasteiger partial charge in [-0.3, -0.25) is 10.1 Å². The molecule has 30 heavy (non-hydrogen) atoms. The van der Waals surface area contributed by atoms with Gasteiger partial charge in [-0.25, -0.2) is 0 Å². The van der Waals surface area contributed by atoms with Gasteiger partial charge in [-0.1, -0.05) is 65.8 Å². The molecule has 0 fully saturated rings. The maximum atomic E-state index is 12.4. The van der Waals surface area contributed by atoms with Crippen LogP contribution in [0.5, 0.6) is 5.75 Å². The van der Waals surface area contributed by atoms with Crippen molar-refractivity contribution in [3.8, 4) is 5.75 Å². The number of anilines is 1. The molecule has 4 nitrogen and oxygen atoms in total. The van der Waals surface area contributed by atoms with Crippen LogP contribution in [0.2, 0.25) is 0 Å². The van der Waals surface area contributed by atoms with Crippen molar-refractivity contribution < 1.29 is 9.53 Å². The maximum Gasteiger partial charge on any atom is 0.264 e. The molecule has 0 heterocycles. The molecule has 0 unspecified atom stereocenters. The predicted molar refractivity (Wildman–Crippen MR) is 130 cm³/mol. The molecule has 0 atom stereocenters. The van der Waals surface area contributed by atoms with Gasteiger partial charge in [-0.2, -0.15) is 0 Å². The lowest BCUT2D eigenvalue weighted by Crippen LogP contribution is -2.37.